The van der Waals surface area contributed by atoms with Crippen molar-refractivity contribution in [3.05, 3.63) is 42.5 Å². The van der Waals surface area contributed by atoms with Crippen LogP contribution in [0.5, 0.6) is 5.75 Å². The first kappa shape index (κ1) is 16.8. The highest BCUT2D eigenvalue weighted by Gasteiger charge is 2.07. The van der Waals surface area contributed by atoms with Gasteiger partial charge in [-0.3, -0.25) is 9.59 Å². The van der Waals surface area contributed by atoms with E-state index in [0.29, 0.717) is 13.0 Å². The fraction of sp³-hybridized carbons (Fsp3) is 0.375. The van der Waals surface area contributed by atoms with Gasteiger partial charge in [0.15, 0.2) is 0 Å². The zero-order chi connectivity index (χ0) is 15.5. The van der Waals surface area contributed by atoms with Crippen LogP contribution in [0.25, 0.3) is 0 Å². The van der Waals surface area contributed by atoms with Crippen molar-refractivity contribution in [1.82, 2.24) is 5.32 Å². The Morgan fingerprint density at radius 3 is 2.86 bits per heavy atom. The normalized spacial score (nSPS) is 9.76. The van der Waals surface area contributed by atoms with E-state index in [0.717, 1.165) is 11.3 Å². The monoisotopic (exact) mass is 291 g/mol. The van der Waals surface area contributed by atoms with Gasteiger partial charge in [0.1, 0.15) is 12.4 Å². The molecule has 1 N–H and O–H groups in total. The smallest absolute Gasteiger partial charge is 0.306 e. The van der Waals surface area contributed by atoms with Gasteiger partial charge in [-0.05, 0) is 24.1 Å². The van der Waals surface area contributed by atoms with Crippen molar-refractivity contribution in [2.45, 2.75) is 19.3 Å². The maximum Gasteiger partial charge on any atom is 0.306 e. The van der Waals surface area contributed by atoms with Crippen molar-refractivity contribution < 1.29 is 19.1 Å². The summed E-state index contributed by atoms with van der Waals surface area (Å²) in [7, 11) is 1.62. The molecule has 5 nitrogen and oxygen atoms in total. The molecule has 0 radical (unpaired) electrons. The van der Waals surface area contributed by atoms with E-state index in [9.17, 15) is 9.59 Å². The lowest BCUT2D eigenvalue weighted by Gasteiger charge is -2.06. The van der Waals surface area contributed by atoms with Crippen LogP contribution in [-0.4, -0.2) is 32.1 Å². The minimum atomic E-state index is -0.391. The van der Waals surface area contributed by atoms with Crippen LogP contribution >= 0.6 is 0 Å². The third-order valence-corrected chi connectivity index (χ3v) is 2.79. The third kappa shape index (κ3) is 7.15. The van der Waals surface area contributed by atoms with Gasteiger partial charge in [-0.1, -0.05) is 24.8 Å². The summed E-state index contributed by atoms with van der Waals surface area (Å²) in [6.07, 6.45) is 2.42. The molecular formula is C16H21NO4. The van der Waals surface area contributed by atoms with E-state index in [1.165, 1.54) is 6.08 Å². The first-order valence-electron chi connectivity index (χ1n) is 6.82. The second kappa shape index (κ2) is 9.58. The molecule has 0 aromatic heterocycles. The van der Waals surface area contributed by atoms with Gasteiger partial charge in [0.05, 0.1) is 13.5 Å². The molecule has 0 saturated carbocycles. The molecule has 0 fully saturated rings. The van der Waals surface area contributed by atoms with Gasteiger partial charge in [-0.2, -0.15) is 0 Å². The Kier molecular flexibility index (Phi) is 7.64. The van der Waals surface area contributed by atoms with Crippen LogP contribution in [0, 0.1) is 0 Å². The van der Waals surface area contributed by atoms with E-state index in [1.54, 1.807) is 7.11 Å². The van der Waals surface area contributed by atoms with Gasteiger partial charge < -0.3 is 14.8 Å². The number of carbonyl (C=O) groups excluding carboxylic acids is 2. The Hall–Kier alpha value is -2.30. The Morgan fingerprint density at radius 2 is 2.14 bits per heavy atom. The van der Waals surface area contributed by atoms with Crippen molar-refractivity contribution in [2.24, 2.45) is 0 Å². The highest BCUT2D eigenvalue weighted by molar-refractivity contribution is 5.81. The summed E-state index contributed by atoms with van der Waals surface area (Å²) in [5, 5.41) is 2.77. The molecule has 1 amide bonds. The number of rotatable bonds is 9. The Balaban J connectivity index is 2.21. The van der Waals surface area contributed by atoms with Crippen LogP contribution in [0.2, 0.25) is 0 Å². The van der Waals surface area contributed by atoms with Gasteiger partial charge in [0.2, 0.25) is 5.91 Å². The number of hydrogen-bond acceptors (Lipinski definition) is 4. The van der Waals surface area contributed by atoms with E-state index in [2.05, 4.69) is 11.9 Å². The largest absolute Gasteiger partial charge is 0.497 e. The van der Waals surface area contributed by atoms with Crippen molar-refractivity contribution in [1.29, 1.82) is 0 Å². The lowest BCUT2D eigenvalue weighted by atomic mass is 10.1. The van der Waals surface area contributed by atoms with E-state index in [-0.39, 0.29) is 25.4 Å². The number of hydrogen-bond donors (Lipinski definition) is 1. The SMILES string of the molecule is C=CCOC(=O)CCC(=O)NCCc1cccc(OC)c1. The van der Waals surface area contributed by atoms with E-state index in [1.807, 2.05) is 24.3 Å². The summed E-state index contributed by atoms with van der Waals surface area (Å²) in [5.41, 5.74) is 1.08. The minimum Gasteiger partial charge on any atom is -0.497 e. The molecule has 0 unspecified atom stereocenters. The Labute approximate surface area is 124 Å². The number of carbonyl (C=O) groups is 2. The molecule has 0 aliphatic heterocycles. The van der Waals surface area contributed by atoms with Crippen molar-refractivity contribution >= 4 is 11.9 Å². The molecule has 5 heteroatoms. The second-order valence-electron chi connectivity index (χ2n) is 4.42. The van der Waals surface area contributed by atoms with Crippen molar-refractivity contribution in [2.75, 3.05) is 20.3 Å². The molecule has 1 aromatic rings. The van der Waals surface area contributed by atoms with Gasteiger partial charge in [0.25, 0.3) is 0 Å². The Morgan fingerprint density at radius 1 is 1.33 bits per heavy atom. The van der Waals surface area contributed by atoms with E-state index >= 15 is 0 Å². The van der Waals surface area contributed by atoms with Crippen LogP contribution in [0.15, 0.2) is 36.9 Å². The summed E-state index contributed by atoms with van der Waals surface area (Å²) in [5.74, 6) is 0.245. The van der Waals surface area contributed by atoms with Crippen molar-refractivity contribution in [3.63, 3.8) is 0 Å². The zero-order valence-electron chi connectivity index (χ0n) is 12.3. The lowest BCUT2D eigenvalue weighted by Crippen LogP contribution is -2.26. The van der Waals surface area contributed by atoms with E-state index < -0.39 is 5.97 Å². The first-order chi connectivity index (χ1) is 10.2. The molecular weight excluding hydrogens is 270 g/mol. The molecule has 0 spiro atoms. The van der Waals surface area contributed by atoms with Crippen LogP contribution in [0.1, 0.15) is 18.4 Å². The second-order valence-corrected chi connectivity index (χ2v) is 4.42. The van der Waals surface area contributed by atoms with Gasteiger partial charge >= 0.3 is 5.97 Å². The average molecular weight is 291 g/mol. The minimum absolute atomic E-state index is 0.0822. The average Bonchev–Trinajstić information content (AvgIpc) is 2.51. The summed E-state index contributed by atoms with van der Waals surface area (Å²) in [6, 6.07) is 7.68. The maximum absolute atomic E-state index is 11.6. The first-order valence-corrected chi connectivity index (χ1v) is 6.82. The maximum atomic E-state index is 11.6. The number of amides is 1. The predicted molar refractivity (Wildman–Crippen MR) is 80.1 cm³/mol. The zero-order valence-corrected chi connectivity index (χ0v) is 12.3. The van der Waals surface area contributed by atoms with E-state index in [4.69, 9.17) is 9.47 Å². The van der Waals surface area contributed by atoms with Crippen LogP contribution in [0.3, 0.4) is 0 Å². The topological polar surface area (TPSA) is 64.6 Å². The van der Waals surface area contributed by atoms with Gasteiger partial charge in [0, 0.05) is 13.0 Å². The summed E-state index contributed by atoms with van der Waals surface area (Å²) in [4.78, 5) is 22.8. The number of methoxy groups -OCH3 is 1. The van der Waals surface area contributed by atoms with Crippen LogP contribution < -0.4 is 10.1 Å². The standard InChI is InChI=1S/C16H21NO4/c1-3-11-21-16(19)8-7-15(18)17-10-9-13-5-4-6-14(12-13)20-2/h3-6,12H,1,7-11H2,2H3,(H,17,18). The fourth-order valence-electron chi connectivity index (χ4n) is 1.70. The fourth-order valence-corrected chi connectivity index (χ4v) is 1.70. The van der Waals surface area contributed by atoms with Gasteiger partial charge in [-0.25, -0.2) is 0 Å². The number of esters is 1. The van der Waals surface area contributed by atoms with Crippen LogP contribution in [-0.2, 0) is 20.7 Å². The quantitative estimate of drug-likeness (QED) is 0.557. The molecule has 0 saturated heterocycles. The molecule has 1 aromatic carbocycles. The molecule has 114 valence electrons. The van der Waals surface area contributed by atoms with Gasteiger partial charge in [-0.15, -0.1) is 0 Å². The molecule has 21 heavy (non-hydrogen) atoms. The summed E-state index contributed by atoms with van der Waals surface area (Å²) in [6.45, 7) is 4.14. The highest BCUT2D eigenvalue weighted by atomic mass is 16.5. The number of benzene rings is 1. The third-order valence-electron chi connectivity index (χ3n) is 2.79. The van der Waals surface area contributed by atoms with Crippen LogP contribution in [0.4, 0.5) is 0 Å². The number of nitrogens with one attached hydrogen (secondary N) is 1. The highest BCUT2D eigenvalue weighted by Crippen LogP contribution is 2.12. The predicted octanol–water partition coefficient (Wildman–Crippen LogP) is 1.86. The van der Waals surface area contributed by atoms with Crippen molar-refractivity contribution in [3.8, 4) is 5.75 Å². The molecule has 0 heterocycles. The number of ether oxygens (including phenoxy) is 2. The molecule has 0 aliphatic carbocycles. The Bertz CT molecular complexity index is 485. The summed E-state index contributed by atoms with van der Waals surface area (Å²) < 4.78 is 9.92. The summed E-state index contributed by atoms with van der Waals surface area (Å²) >= 11 is 0. The molecule has 0 aliphatic rings. The molecule has 1 rings (SSSR count). The lowest BCUT2D eigenvalue weighted by molar-refractivity contribution is -0.143. The molecule has 0 bridgehead atoms. The molecule has 0 atom stereocenters.